The van der Waals surface area contributed by atoms with Gasteiger partial charge >= 0.3 is 17.9 Å². The van der Waals surface area contributed by atoms with E-state index in [1.165, 1.54) is 38.5 Å². The van der Waals surface area contributed by atoms with Crippen LogP contribution in [0.4, 0.5) is 0 Å². The van der Waals surface area contributed by atoms with Gasteiger partial charge in [-0.25, -0.2) is 4.79 Å². The summed E-state index contributed by atoms with van der Waals surface area (Å²) in [5.41, 5.74) is 0. The van der Waals surface area contributed by atoms with Crippen molar-refractivity contribution < 1.29 is 42.9 Å². The molecule has 0 bridgehead atoms. The molecule has 0 amide bonds. The van der Waals surface area contributed by atoms with Crippen LogP contribution in [-0.4, -0.2) is 87.4 Å². The second-order valence-corrected chi connectivity index (χ2v) is 17.4. The molecule has 0 radical (unpaired) electrons. The molecule has 364 valence electrons. The van der Waals surface area contributed by atoms with Crippen molar-refractivity contribution in [3.05, 3.63) is 97.2 Å². The summed E-state index contributed by atoms with van der Waals surface area (Å²) in [6.07, 6.45) is 57.6. The Labute approximate surface area is 391 Å². The number of carboxylic acids is 1. The number of hydrogen-bond donors (Lipinski definition) is 1. The molecule has 0 aliphatic heterocycles. The molecule has 64 heavy (non-hydrogen) atoms. The molecule has 0 heterocycles. The van der Waals surface area contributed by atoms with Gasteiger partial charge in [0.2, 0.25) is 0 Å². The molecule has 2 unspecified atom stereocenters. The first-order chi connectivity index (χ1) is 31.1. The highest BCUT2D eigenvalue weighted by atomic mass is 16.7. The SMILES string of the molecule is CC/C=C\C/C=C\C/C=C\C/C=C\C/C=C\C/C=C\C/C=C\CCCCCC(=O)OC(COC(=O)CCCCCCC/C=C\CCCCCCC)COC(OCC[N+](C)(C)C)C(=O)O. The monoisotopic (exact) mass is 895 g/mol. The number of carboxylic acid groups (broad SMARTS) is 1. The third kappa shape index (κ3) is 46.2. The van der Waals surface area contributed by atoms with Crippen molar-refractivity contribution in [3.63, 3.8) is 0 Å². The third-order valence-electron chi connectivity index (χ3n) is 10.1. The van der Waals surface area contributed by atoms with Gasteiger partial charge in [0.15, 0.2) is 6.10 Å². The maximum Gasteiger partial charge on any atom is 0.361 e. The number of aliphatic carboxylic acids is 1. The van der Waals surface area contributed by atoms with E-state index in [1.807, 2.05) is 21.1 Å². The van der Waals surface area contributed by atoms with Crippen molar-refractivity contribution in [1.29, 1.82) is 0 Å². The number of esters is 2. The summed E-state index contributed by atoms with van der Waals surface area (Å²) in [5, 5.41) is 9.66. The van der Waals surface area contributed by atoms with Gasteiger partial charge in [-0.1, -0.05) is 162 Å². The molecular weight excluding hydrogens is 803 g/mol. The van der Waals surface area contributed by atoms with Crippen molar-refractivity contribution >= 4 is 17.9 Å². The molecule has 2 atom stereocenters. The van der Waals surface area contributed by atoms with Crippen LogP contribution in [0.5, 0.6) is 0 Å². The lowest BCUT2D eigenvalue weighted by molar-refractivity contribution is -0.870. The highest BCUT2D eigenvalue weighted by molar-refractivity contribution is 5.71. The smallest absolute Gasteiger partial charge is 0.361 e. The molecule has 0 rings (SSSR count). The summed E-state index contributed by atoms with van der Waals surface area (Å²) < 4.78 is 22.7. The van der Waals surface area contributed by atoms with Crippen LogP contribution in [0.25, 0.3) is 0 Å². The highest BCUT2D eigenvalue weighted by Gasteiger charge is 2.25. The number of hydrogen-bond acceptors (Lipinski definition) is 7. The highest BCUT2D eigenvalue weighted by Crippen LogP contribution is 2.12. The van der Waals surface area contributed by atoms with Crippen molar-refractivity contribution in [2.75, 3.05) is 47.5 Å². The minimum atomic E-state index is -1.53. The molecule has 0 saturated carbocycles. The first-order valence-corrected chi connectivity index (χ1v) is 24.9. The van der Waals surface area contributed by atoms with Crippen molar-refractivity contribution in [2.45, 2.75) is 187 Å². The van der Waals surface area contributed by atoms with Gasteiger partial charge in [0.1, 0.15) is 13.2 Å². The standard InChI is InChI=1S/C55H91NO8/c1-6-8-10-12-14-16-18-20-22-23-24-25-26-27-28-29-30-31-32-34-36-38-40-42-44-46-53(58)64-51(50-63-55(54(59)60)61-48-47-56(3,4)5)49-62-52(57)45-43-41-39-37-35-33-21-19-17-15-13-11-9-7-2/h8,10,14,16,19-22,24-25,27-28,30-31,34,36,51,55H,6-7,9,11-13,15,17-18,23,26,29,32-33,35,37-50H2,1-5H3/p+1/b10-8-,16-14-,21-19-,22-20-,25-24-,28-27-,31-30-,36-34-. The van der Waals surface area contributed by atoms with Gasteiger partial charge in [0.05, 0.1) is 34.4 Å². The Morgan fingerprint density at radius 2 is 0.891 bits per heavy atom. The molecule has 0 saturated heterocycles. The number of allylic oxidation sites excluding steroid dienone is 16. The van der Waals surface area contributed by atoms with Gasteiger partial charge in [-0.3, -0.25) is 9.59 Å². The first-order valence-electron chi connectivity index (χ1n) is 24.9. The van der Waals surface area contributed by atoms with Crippen LogP contribution < -0.4 is 0 Å². The number of ether oxygens (including phenoxy) is 4. The zero-order chi connectivity index (χ0) is 47.0. The number of likely N-dealkylation sites (N-methyl/N-ethyl adjacent to an activating group) is 1. The van der Waals surface area contributed by atoms with Gasteiger partial charge in [-0.2, -0.15) is 0 Å². The molecular formula is C55H92NO8+. The minimum absolute atomic E-state index is 0.174. The van der Waals surface area contributed by atoms with Gasteiger partial charge in [0.25, 0.3) is 6.29 Å². The number of carbonyl (C=O) groups is 3. The summed E-state index contributed by atoms with van der Waals surface area (Å²) in [4.78, 5) is 37.2. The Bertz CT molecular complexity index is 1370. The maximum atomic E-state index is 12.8. The largest absolute Gasteiger partial charge is 0.477 e. The maximum absolute atomic E-state index is 12.8. The molecule has 0 aromatic heterocycles. The first kappa shape index (κ1) is 60.2. The molecule has 0 aromatic rings. The van der Waals surface area contributed by atoms with Gasteiger partial charge in [-0.05, 0) is 96.3 Å². The van der Waals surface area contributed by atoms with Crippen LogP contribution in [-0.2, 0) is 33.3 Å². The van der Waals surface area contributed by atoms with Gasteiger partial charge < -0.3 is 28.5 Å². The molecule has 9 nitrogen and oxygen atoms in total. The summed E-state index contributed by atoms with van der Waals surface area (Å²) in [5.74, 6) is -2.08. The molecule has 1 N–H and O–H groups in total. The Balaban J connectivity index is 4.46. The van der Waals surface area contributed by atoms with E-state index in [0.717, 1.165) is 103 Å². The minimum Gasteiger partial charge on any atom is -0.477 e. The van der Waals surface area contributed by atoms with Crippen molar-refractivity contribution in [2.24, 2.45) is 0 Å². The van der Waals surface area contributed by atoms with Crippen LogP contribution in [0.15, 0.2) is 97.2 Å². The number of carbonyl (C=O) groups excluding carboxylic acids is 2. The average molecular weight is 895 g/mol. The molecule has 0 aliphatic rings. The summed E-state index contributed by atoms with van der Waals surface area (Å²) in [6, 6.07) is 0. The van der Waals surface area contributed by atoms with Crippen LogP contribution >= 0.6 is 0 Å². The van der Waals surface area contributed by atoms with Crippen LogP contribution in [0, 0.1) is 0 Å². The van der Waals surface area contributed by atoms with E-state index >= 15 is 0 Å². The number of rotatable bonds is 44. The van der Waals surface area contributed by atoms with E-state index < -0.39 is 24.3 Å². The lowest BCUT2D eigenvalue weighted by Gasteiger charge is -2.25. The zero-order valence-electron chi connectivity index (χ0n) is 41.2. The topological polar surface area (TPSA) is 108 Å². The van der Waals surface area contributed by atoms with Gasteiger partial charge in [0, 0.05) is 12.8 Å². The predicted octanol–water partition coefficient (Wildman–Crippen LogP) is 13.8. The van der Waals surface area contributed by atoms with Crippen molar-refractivity contribution in [1.82, 2.24) is 0 Å². The Hall–Kier alpha value is -3.79. The Kier molecular flexibility index (Phi) is 43.1. The van der Waals surface area contributed by atoms with E-state index in [1.54, 1.807) is 0 Å². The average Bonchev–Trinajstić information content (AvgIpc) is 3.26. The zero-order valence-corrected chi connectivity index (χ0v) is 41.2. The molecule has 0 aliphatic carbocycles. The lowest BCUT2D eigenvalue weighted by Crippen LogP contribution is -2.40. The van der Waals surface area contributed by atoms with E-state index in [2.05, 4.69) is 111 Å². The molecule has 0 fully saturated rings. The van der Waals surface area contributed by atoms with E-state index in [4.69, 9.17) is 18.9 Å². The summed E-state index contributed by atoms with van der Waals surface area (Å²) in [6.45, 7) is 4.67. The normalized spacial score (nSPS) is 13.7. The number of unbranched alkanes of at least 4 members (excludes halogenated alkanes) is 13. The fourth-order valence-electron chi connectivity index (χ4n) is 6.22. The van der Waals surface area contributed by atoms with E-state index in [0.29, 0.717) is 17.4 Å². The van der Waals surface area contributed by atoms with Crippen LogP contribution in [0.3, 0.4) is 0 Å². The lowest BCUT2D eigenvalue weighted by atomic mass is 10.1. The third-order valence-corrected chi connectivity index (χ3v) is 10.1. The second kappa shape index (κ2) is 45.8. The summed E-state index contributed by atoms with van der Waals surface area (Å²) >= 11 is 0. The molecule has 0 spiro atoms. The fourth-order valence-corrected chi connectivity index (χ4v) is 6.22. The fraction of sp³-hybridized carbons (Fsp3) is 0.655. The molecule has 9 heteroatoms. The second-order valence-electron chi connectivity index (χ2n) is 17.4. The van der Waals surface area contributed by atoms with E-state index in [-0.39, 0.29) is 38.6 Å². The van der Waals surface area contributed by atoms with Crippen LogP contribution in [0.2, 0.25) is 0 Å². The van der Waals surface area contributed by atoms with Crippen LogP contribution in [0.1, 0.15) is 174 Å². The molecule has 0 aromatic carbocycles. The van der Waals surface area contributed by atoms with Gasteiger partial charge in [-0.15, -0.1) is 0 Å². The summed E-state index contributed by atoms with van der Waals surface area (Å²) in [7, 11) is 5.93. The van der Waals surface area contributed by atoms with E-state index in [9.17, 15) is 19.5 Å². The Morgan fingerprint density at radius 3 is 1.36 bits per heavy atom. The van der Waals surface area contributed by atoms with Crippen molar-refractivity contribution in [3.8, 4) is 0 Å². The Morgan fingerprint density at radius 1 is 0.484 bits per heavy atom. The quantitative estimate of drug-likeness (QED) is 0.0212. The number of quaternary nitrogens is 1. The number of nitrogens with zero attached hydrogens (tertiary/aromatic N) is 1. The predicted molar refractivity (Wildman–Crippen MR) is 267 cm³/mol.